The van der Waals surface area contributed by atoms with Crippen molar-refractivity contribution in [3.05, 3.63) is 93.0 Å². The van der Waals surface area contributed by atoms with E-state index in [9.17, 15) is 4.79 Å². The average Bonchev–Trinajstić information content (AvgIpc) is 3.05. The summed E-state index contributed by atoms with van der Waals surface area (Å²) in [6, 6.07) is 19.3. The second kappa shape index (κ2) is 6.78. The Labute approximate surface area is 176 Å². The molecule has 0 radical (unpaired) electrons. The van der Waals surface area contributed by atoms with Gasteiger partial charge in [0.15, 0.2) is 17.3 Å². The van der Waals surface area contributed by atoms with Crippen molar-refractivity contribution in [3.63, 3.8) is 0 Å². The van der Waals surface area contributed by atoms with E-state index in [0.717, 1.165) is 26.7 Å². The van der Waals surface area contributed by atoms with Crippen LogP contribution in [0.2, 0.25) is 0 Å². The first-order valence-electron chi connectivity index (χ1n) is 9.19. The maximum atomic E-state index is 13.2. The van der Waals surface area contributed by atoms with Gasteiger partial charge in [0.1, 0.15) is 11.9 Å². The van der Waals surface area contributed by atoms with Crippen molar-refractivity contribution in [2.24, 2.45) is 0 Å². The van der Waals surface area contributed by atoms with Crippen LogP contribution in [0, 0.1) is 0 Å². The Morgan fingerprint density at radius 1 is 0.862 bits per heavy atom. The minimum absolute atomic E-state index is 0.0293. The van der Waals surface area contributed by atoms with Crippen LogP contribution < -0.4 is 9.47 Å². The summed E-state index contributed by atoms with van der Waals surface area (Å²) >= 11 is 3.49. The van der Waals surface area contributed by atoms with Crippen LogP contribution in [0.3, 0.4) is 0 Å². The summed E-state index contributed by atoms with van der Waals surface area (Å²) in [6.07, 6.45) is -0.365. The molecule has 0 amide bonds. The van der Waals surface area contributed by atoms with E-state index in [2.05, 4.69) is 15.9 Å². The zero-order valence-corrected chi connectivity index (χ0v) is 17.4. The Hall–Kier alpha value is -3.05. The van der Waals surface area contributed by atoms with Gasteiger partial charge in [-0.2, -0.15) is 0 Å². The van der Waals surface area contributed by atoms with Gasteiger partial charge in [-0.05, 0) is 29.8 Å². The van der Waals surface area contributed by atoms with Crippen molar-refractivity contribution in [1.29, 1.82) is 0 Å². The molecule has 29 heavy (non-hydrogen) atoms. The van der Waals surface area contributed by atoms with Gasteiger partial charge in [0.25, 0.3) is 0 Å². The lowest BCUT2D eigenvalue weighted by molar-refractivity contribution is 0.105. The Bertz CT molecular complexity index is 1180. The van der Waals surface area contributed by atoms with E-state index in [-0.39, 0.29) is 11.9 Å². The number of ether oxygens (including phenoxy) is 3. The van der Waals surface area contributed by atoms with Gasteiger partial charge in [-0.25, -0.2) is 0 Å². The van der Waals surface area contributed by atoms with E-state index in [1.54, 1.807) is 14.2 Å². The highest BCUT2D eigenvalue weighted by atomic mass is 79.9. The number of hydrogen-bond acceptors (Lipinski definition) is 4. The Morgan fingerprint density at radius 3 is 2.21 bits per heavy atom. The number of fused-ring (bicyclic) bond motifs is 4. The molecule has 0 saturated heterocycles. The van der Waals surface area contributed by atoms with Crippen LogP contribution in [0.25, 0.3) is 11.3 Å². The van der Waals surface area contributed by atoms with Crippen molar-refractivity contribution in [1.82, 2.24) is 0 Å². The van der Waals surface area contributed by atoms with E-state index in [0.29, 0.717) is 28.4 Å². The molecule has 0 N–H and O–H groups in total. The monoisotopic (exact) mass is 448 g/mol. The first-order chi connectivity index (χ1) is 14.1. The fraction of sp³-hybridized carbons (Fsp3) is 0.125. The van der Waals surface area contributed by atoms with Gasteiger partial charge in [0.2, 0.25) is 0 Å². The first kappa shape index (κ1) is 18.0. The van der Waals surface area contributed by atoms with Crippen LogP contribution >= 0.6 is 15.9 Å². The van der Waals surface area contributed by atoms with E-state index in [1.807, 2.05) is 60.7 Å². The molecule has 1 atom stereocenters. The van der Waals surface area contributed by atoms with E-state index in [4.69, 9.17) is 14.2 Å². The van der Waals surface area contributed by atoms with Gasteiger partial charge in [-0.3, -0.25) is 4.79 Å². The highest BCUT2D eigenvalue weighted by Crippen LogP contribution is 2.51. The van der Waals surface area contributed by atoms with Crippen molar-refractivity contribution >= 4 is 33.0 Å². The molecular weight excluding hydrogens is 432 g/mol. The van der Waals surface area contributed by atoms with E-state index >= 15 is 0 Å². The molecule has 0 saturated carbocycles. The number of carbonyl (C=O) groups is 1. The lowest BCUT2D eigenvalue weighted by atomic mass is 9.88. The molecule has 3 aromatic rings. The molecule has 144 valence electrons. The number of benzene rings is 3. The third kappa shape index (κ3) is 2.69. The zero-order chi connectivity index (χ0) is 20.1. The van der Waals surface area contributed by atoms with Crippen LogP contribution in [0.5, 0.6) is 11.5 Å². The topological polar surface area (TPSA) is 44.8 Å². The minimum atomic E-state index is -0.365. The lowest BCUT2D eigenvalue weighted by Gasteiger charge is -2.29. The molecule has 4 nitrogen and oxygen atoms in total. The van der Waals surface area contributed by atoms with Gasteiger partial charge in [-0.1, -0.05) is 52.3 Å². The van der Waals surface area contributed by atoms with Gasteiger partial charge in [-0.15, -0.1) is 0 Å². The van der Waals surface area contributed by atoms with Gasteiger partial charge < -0.3 is 14.2 Å². The fourth-order valence-corrected chi connectivity index (χ4v) is 4.28. The van der Waals surface area contributed by atoms with Gasteiger partial charge in [0.05, 0.1) is 19.8 Å². The zero-order valence-electron chi connectivity index (χ0n) is 15.9. The third-order valence-corrected chi connectivity index (χ3v) is 5.92. The molecule has 2 aliphatic rings. The molecule has 0 bridgehead atoms. The van der Waals surface area contributed by atoms with Crippen LogP contribution in [0.1, 0.15) is 38.7 Å². The predicted octanol–water partition coefficient (Wildman–Crippen LogP) is 5.65. The van der Waals surface area contributed by atoms with E-state index in [1.165, 1.54) is 0 Å². The molecule has 0 aromatic heterocycles. The number of methoxy groups -OCH3 is 2. The second-order valence-corrected chi connectivity index (χ2v) is 7.84. The highest BCUT2D eigenvalue weighted by molar-refractivity contribution is 9.10. The molecule has 1 heterocycles. The number of carbonyl (C=O) groups excluding carboxylic acids is 1. The van der Waals surface area contributed by atoms with Crippen LogP contribution in [0.4, 0.5) is 0 Å². The molecule has 1 unspecified atom stereocenters. The summed E-state index contributed by atoms with van der Waals surface area (Å²) in [5.41, 5.74) is 4.76. The summed E-state index contributed by atoms with van der Waals surface area (Å²) in [4.78, 5) is 13.2. The van der Waals surface area contributed by atoms with Crippen LogP contribution in [-0.2, 0) is 4.74 Å². The molecular formula is C24H17BrO4. The fourth-order valence-electron chi connectivity index (χ4n) is 4.01. The normalized spacial score (nSPS) is 16.7. The number of halogens is 1. The average molecular weight is 449 g/mol. The molecule has 5 heteroatoms. The largest absolute Gasteiger partial charge is 0.493 e. The van der Waals surface area contributed by atoms with Crippen molar-refractivity contribution in [2.75, 3.05) is 14.2 Å². The standard InChI is InChI=1S/C24H17BrO4/c1-27-19-11-17-18(12-20(19)28-2)23(13-7-9-14(25)10-8-13)29-24-16-6-4-3-5-15(16)22(26)21(17)24/h3-12,23H,1-2H3. The summed E-state index contributed by atoms with van der Waals surface area (Å²) in [5.74, 6) is 1.78. The van der Waals surface area contributed by atoms with Crippen LogP contribution in [-0.4, -0.2) is 20.0 Å². The maximum Gasteiger partial charge on any atom is 0.198 e. The first-order valence-corrected chi connectivity index (χ1v) is 9.98. The Balaban J connectivity index is 1.78. The molecule has 1 aliphatic heterocycles. The van der Waals surface area contributed by atoms with Gasteiger partial charge in [0, 0.05) is 26.7 Å². The molecule has 5 rings (SSSR count). The SMILES string of the molecule is COc1cc2c(cc1OC)C(c1ccc(Br)cc1)OC1=C2C(=O)c2ccccc21. The summed E-state index contributed by atoms with van der Waals surface area (Å²) in [7, 11) is 3.19. The Kier molecular flexibility index (Phi) is 4.21. The number of rotatable bonds is 3. The quantitative estimate of drug-likeness (QED) is 0.519. The highest BCUT2D eigenvalue weighted by Gasteiger charge is 2.40. The van der Waals surface area contributed by atoms with Crippen molar-refractivity contribution in [3.8, 4) is 11.5 Å². The smallest absolute Gasteiger partial charge is 0.198 e. The predicted molar refractivity (Wildman–Crippen MR) is 114 cm³/mol. The number of Topliss-reactive ketones (excluding diaryl/α,β-unsaturated/α-hetero) is 1. The number of hydrogen-bond donors (Lipinski definition) is 0. The molecule has 0 spiro atoms. The molecule has 1 aliphatic carbocycles. The Morgan fingerprint density at radius 2 is 1.52 bits per heavy atom. The summed E-state index contributed by atoms with van der Waals surface area (Å²) in [5, 5.41) is 0. The molecule has 3 aromatic carbocycles. The van der Waals surface area contributed by atoms with Crippen molar-refractivity contribution in [2.45, 2.75) is 6.10 Å². The number of ketones is 1. The van der Waals surface area contributed by atoms with Gasteiger partial charge >= 0.3 is 0 Å². The maximum absolute atomic E-state index is 13.2. The van der Waals surface area contributed by atoms with Crippen LogP contribution in [0.15, 0.2) is 65.1 Å². The summed E-state index contributed by atoms with van der Waals surface area (Å²) < 4.78 is 18.5. The van der Waals surface area contributed by atoms with E-state index < -0.39 is 0 Å². The lowest BCUT2D eigenvalue weighted by Crippen LogP contribution is -2.15. The van der Waals surface area contributed by atoms with Crippen molar-refractivity contribution < 1.29 is 19.0 Å². The summed E-state index contributed by atoms with van der Waals surface area (Å²) in [6.45, 7) is 0. The third-order valence-electron chi connectivity index (χ3n) is 5.39. The number of allylic oxidation sites excluding steroid dienone is 1. The minimum Gasteiger partial charge on any atom is -0.493 e. The second-order valence-electron chi connectivity index (χ2n) is 6.92. The molecule has 0 fully saturated rings.